The monoisotopic (exact) mass is 279 g/mol. The second-order valence-corrected chi connectivity index (χ2v) is 5.19. The Bertz CT molecular complexity index is 608. The summed E-state index contributed by atoms with van der Waals surface area (Å²) in [5.41, 5.74) is 1.66. The van der Waals surface area contributed by atoms with Crippen molar-refractivity contribution in [3.8, 4) is 16.9 Å². The van der Waals surface area contributed by atoms with E-state index in [4.69, 9.17) is 16.3 Å². The van der Waals surface area contributed by atoms with Crippen LogP contribution in [0.3, 0.4) is 0 Å². The summed E-state index contributed by atoms with van der Waals surface area (Å²) in [6, 6.07) is 1.63. The molecule has 0 aromatic carbocycles. The van der Waals surface area contributed by atoms with E-state index in [-0.39, 0.29) is 0 Å². The minimum atomic E-state index is -1.07. The molecule has 2 aromatic rings. The Morgan fingerprint density at radius 3 is 2.79 bits per heavy atom. The quantitative estimate of drug-likeness (QED) is 0.692. The fourth-order valence-corrected chi connectivity index (χ4v) is 2.21. The maximum absolute atomic E-state index is 10.1. The van der Waals surface area contributed by atoms with E-state index in [2.05, 4.69) is 10.1 Å². The first-order valence-electron chi connectivity index (χ1n) is 6.12. The fourth-order valence-electron chi connectivity index (χ4n) is 2.06. The smallest absolute Gasteiger partial charge is 0.208 e. The lowest BCUT2D eigenvalue weighted by molar-refractivity contribution is -0.189. The highest BCUT2D eigenvalue weighted by Crippen LogP contribution is 2.38. The van der Waals surface area contributed by atoms with Crippen molar-refractivity contribution in [3.63, 3.8) is 0 Å². The van der Waals surface area contributed by atoms with Crippen LogP contribution in [0.2, 0.25) is 5.15 Å². The average Bonchev–Trinajstić information content (AvgIpc) is 2.74. The van der Waals surface area contributed by atoms with Gasteiger partial charge in [0.1, 0.15) is 10.9 Å². The third-order valence-corrected chi connectivity index (χ3v) is 3.49. The van der Waals surface area contributed by atoms with Gasteiger partial charge < -0.3 is 9.84 Å². The Balaban J connectivity index is 1.99. The minimum absolute atomic E-state index is 0.338. The van der Waals surface area contributed by atoms with Gasteiger partial charge in [-0.05, 0) is 6.42 Å². The zero-order chi connectivity index (χ0) is 13.5. The Morgan fingerprint density at radius 2 is 2.21 bits per heavy atom. The molecule has 1 aliphatic carbocycles. The van der Waals surface area contributed by atoms with E-state index in [0.717, 1.165) is 17.5 Å². The van der Waals surface area contributed by atoms with Crippen LogP contribution in [0.15, 0.2) is 24.7 Å². The van der Waals surface area contributed by atoms with Crippen molar-refractivity contribution in [3.05, 3.63) is 29.8 Å². The van der Waals surface area contributed by atoms with Crippen LogP contribution >= 0.6 is 11.6 Å². The van der Waals surface area contributed by atoms with Crippen molar-refractivity contribution in [2.45, 2.75) is 25.0 Å². The molecule has 1 fully saturated rings. The molecule has 5 nitrogen and oxygen atoms in total. The number of halogens is 1. The van der Waals surface area contributed by atoms with Gasteiger partial charge in [0.25, 0.3) is 0 Å². The van der Waals surface area contributed by atoms with Crippen molar-refractivity contribution in [1.29, 1.82) is 0 Å². The lowest BCUT2D eigenvalue weighted by atomic mass is 9.91. The minimum Gasteiger partial charge on any atom is -0.462 e. The van der Waals surface area contributed by atoms with Gasteiger partial charge in [-0.15, -0.1) is 0 Å². The van der Waals surface area contributed by atoms with Crippen molar-refractivity contribution < 1.29 is 9.84 Å². The molecule has 19 heavy (non-hydrogen) atoms. The third-order valence-electron chi connectivity index (χ3n) is 3.28. The topological polar surface area (TPSA) is 60.2 Å². The molecular formula is C13H14ClN3O2. The van der Waals surface area contributed by atoms with Gasteiger partial charge in [-0.25, -0.2) is 4.98 Å². The van der Waals surface area contributed by atoms with Gasteiger partial charge in [0.2, 0.25) is 5.79 Å². The predicted octanol–water partition coefficient (Wildman–Crippen LogP) is 2.39. The summed E-state index contributed by atoms with van der Waals surface area (Å²) in [7, 11) is 1.84. The molecule has 2 aromatic heterocycles. The molecule has 1 aliphatic rings. The number of aliphatic hydroxyl groups is 1. The van der Waals surface area contributed by atoms with Crippen LogP contribution in [0, 0.1) is 0 Å². The zero-order valence-electron chi connectivity index (χ0n) is 10.5. The Morgan fingerprint density at radius 1 is 1.42 bits per heavy atom. The highest BCUT2D eigenvalue weighted by Gasteiger charge is 2.37. The lowest BCUT2D eigenvalue weighted by Crippen LogP contribution is -2.42. The van der Waals surface area contributed by atoms with Gasteiger partial charge in [-0.1, -0.05) is 11.6 Å². The Kier molecular flexibility index (Phi) is 2.95. The first-order valence-corrected chi connectivity index (χ1v) is 6.49. The van der Waals surface area contributed by atoms with E-state index in [1.165, 1.54) is 0 Å². The molecule has 0 saturated heterocycles. The summed E-state index contributed by atoms with van der Waals surface area (Å²) in [6.45, 7) is 0. The van der Waals surface area contributed by atoms with E-state index in [1.54, 1.807) is 23.1 Å². The summed E-state index contributed by atoms with van der Waals surface area (Å²) in [6.07, 6.45) is 7.47. The molecule has 0 atom stereocenters. The predicted molar refractivity (Wildman–Crippen MR) is 70.9 cm³/mol. The lowest BCUT2D eigenvalue weighted by Gasteiger charge is -2.36. The standard InChI is InChI=1S/C13H14ClN3O2/c1-17-8-9(6-16-17)10-7-15-12(14)5-11(10)19-13(18)3-2-4-13/h5-8,18H,2-4H2,1H3. The van der Waals surface area contributed by atoms with Gasteiger partial charge in [0.15, 0.2) is 0 Å². The SMILES string of the molecule is Cn1cc(-c2cnc(Cl)cc2OC2(O)CCC2)cn1. The van der Waals surface area contributed by atoms with Crippen LogP contribution in [-0.2, 0) is 7.05 Å². The summed E-state index contributed by atoms with van der Waals surface area (Å²) in [5.74, 6) is -0.531. The fraction of sp³-hybridized carbons (Fsp3) is 0.385. The summed E-state index contributed by atoms with van der Waals surface area (Å²) >= 11 is 5.91. The number of ether oxygens (including phenoxy) is 1. The molecule has 0 amide bonds. The van der Waals surface area contributed by atoms with Gasteiger partial charge in [-0.3, -0.25) is 4.68 Å². The van der Waals surface area contributed by atoms with Crippen LogP contribution in [0.25, 0.3) is 11.1 Å². The van der Waals surface area contributed by atoms with E-state index < -0.39 is 5.79 Å². The maximum atomic E-state index is 10.1. The van der Waals surface area contributed by atoms with Crippen LogP contribution < -0.4 is 4.74 Å². The molecule has 0 radical (unpaired) electrons. The normalized spacial score (nSPS) is 17.0. The van der Waals surface area contributed by atoms with Gasteiger partial charge in [0, 0.05) is 49.5 Å². The maximum Gasteiger partial charge on any atom is 0.208 e. The average molecular weight is 280 g/mol. The molecule has 0 unspecified atom stereocenters. The van der Waals surface area contributed by atoms with Gasteiger partial charge >= 0.3 is 0 Å². The first-order chi connectivity index (χ1) is 9.06. The Hall–Kier alpha value is -1.59. The van der Waals surface area contributed by atoms with E-state index in [0.29, 0.717) is 23.7 Å². The molecule has 3 rings (SSSR count). The molecule has 0 spiro atoms. The molecular weight excluding hydrogens is 266 g/mol. The van der Waals surface area contributed by atoms with Crippen LogP contribution in [-0.4, -0.2) is 25.7 Å². The van der Waals surface area contributed by atoms with E-state index in [9.17, 15) is 5.11 Å². The molecule has 1 N–H and O–H groups in total. The summed E-state index contributed by atoms with van der Waals surface area (Å²) < 4.78 is 7.41. The largest absolute Gasteiger partial charge is 0.462 e. The van der Waals surface area contributed by atoms with Crippen molar-refractivity contribution in [1.82, 2.24) is 14.8 Å². The van der Waals surface area contributed by atoms with Gasteiger partial charge in [-0.2, -0.15) is 5.10 Å². The van der Waals surface area contributed by atoms with E-state index >= 15 is 0 Å². The molecule has 6 heteroatoms. The number of hydrogen-bond acceptors (Lipinski definition) is 4. The van der Waals surface area contributed by atoms with Crippen LogP contribution in [0.5, 0.6) is 5.75 Å². The first kappa shape index (κ1) is 12.4. The Labute approximate surface area is 115 Å². The van der Waals surface area contributed by atoms with Crippen molar-refractivity contribution >= 4 is 11.6 Å². The summed E-state index contributed by atoms with van der Waals surface area (Å²) in [5, 5.41) is 14.6. The number of aromatic nitrogens is 3. The number of hydrogen-bond donors (Lipinski definition) is 1. The van der Waals surface area contributed by atoms with Crippen molar-refractivity contribution in [2.75, 3.05) is 0 Å². The highest BCUT2D eigenvalue weighted by molar-refractivity contribution is 6.29. The third kappa shape index (κ3) is 2.43. The second kappa shape index (κ2) is 4.51. The van der Waals surface area contributed by atoms with Crippen LogP contribution in [0.4, 0.5) is 0 Å². The number of pyridine rings is 1. The zero-order valence-corrected chi connectivity index (χ0v) is 11.3. The van der Waals surface area contributed by atoms with Gasteiger partial charge in [0.05, 0.1) is 6.20 Å². The molecule has 0 aliphatic heterocycles. The molecule has 2 heterocycles. The molecule has 100 valence electrons. The van der Waals surface area contributed by atoms with Crippen molar-refractivity contribution in [2.24, 2.45) is 7.05 Å². The number of nitrogens with zero attached hydrogens (tertiary/aromatic N) is 3. The van der Waals surface area contributed by atoms with Crippen LogP contribution in [0.1, 0.15) is 19.3 Å². The highest BCUT2D eigenvalue weighted by atomic mass is 35.5. The number of aryl methyl sites for hydroxylation is 1. The van der Waals surface area contributed by atoms with E-state index in [1.807, 2.05) is 13.2 Å². The number of rotatable bonds is 3. The molecule has 0 bridgehead atoms. The summed E-state index contributed by atoms with van der Waals surface area (Å²) in [4.78, 5) is 4.07. The molecule has 1 saturated carbocycles. The second-order valence-electron chi connectivity index (χ2n) is 4.81.